The molecule has 4 amide bonds. The number of aryl methyl sites for hydroxylation is 2. The Kier molecular flexibility index (Phi) is 18.0. The molecule has 4 rings (SSSR count). The van der Waals surface area contributed by atoms with E-state index in [-0.39, 0.29) is 54.8 Å². The minimum absolute atomic E-state index is 0.0131. The van der Waals surface area contributed by atoms with Gasteiger partial charge in [-0.15, -0.1) is 0 Å². The fourth-order valence-electron chi connectivity index (χ4n) is 5.22. The van der Waals surface area contributed by atoms with Crippen molar-refractivity contribution in [3.05, 3.63) is 116 Å². The van der Waals surface area contributed by atoms with E-state index in [9.17, 15) is 54.3 Å². The molecule has 0 fully saturated rings. The van der Waals surface area contributed by atoms with Crippen LogP contribution >= 0.6 is 23.2 Å². The Morgan fingerprint density at radius 1 is 0.562 bits per heavy atom. The first-order valence-electron chi connectivity index (χ1n) is 19.1. The van der Waals surface area contributed by atoms with Crippen molar-refractivity contribution in [2.75, 3.05) is 23.0 Å². The largest absolute Gasteiger partial charge is 0.461 e. The maximum Gasteiger partial charge on any atom is 0.461 e. The summed E-state index contributed by atoms with van der Waals surface area (Å²) in [6.07, 6.45) is -16.3. The molecule has 0 aliphatic carbocycles. The molecule has 0 saturated carbocycles. The van der Waals surface area contributed by atoms with E-state index < -0.39 is 76.3 Å². The van der Waals surface area contributed by atoms with E-state index >= 15 is 0 Å². The van der Waals surface area contributed by atoms with E-state index in [1.807, 2.05) is 0 Å². The van der Waals surface area contributed by atoms with Gasteiger partial charge in [0.15, 0.2) is 0 Å². The van der Waals surface area contributed by atoms with Crippen molar-refractivity contribution in [3.63, 3.8) is 0 Å². The van der Waals surface area contributed by atoms with Crippen molar-refractivity contribution in [2.24, 2.45) is 0 Å². The molecule has 348 valence electrons. The lowest BCUT2D eigenvalue weighted by Gasteiger charge is -2.19. The molecule has 0 atom stereocenters. The van der Waals surface area contributed by atoms with Gasteiger partial charge in [-0.05, 0) is 85.6 Å². The van der Waals surface area contributed by atoms with Crippen LogP contribution in [0.1, 0.15) is 52.6 Å². The molecule has 0 aromatic heterocycles. The molecule has 4 N–H and O–H groups in total. The average Bonchev–Trinajstić information content (AvgIpc) is 3.17. The standard InChI is InChI=1S/2C21H23ClF4N2O3Si/c1-12-10-13(31-21(25,26)20(23)24)8-9-16(12)28-18(29)14-6-5-7-15(22)17(14)19(30)27-11-32(2,3)4;1-12-10-13(31-21(25,26)20(23)24)8-9-16(12)28-19(30)17-14(6-5-7-15(17)22)18(29)27-11-32(2,3)4/h5-10,20H,11H2,1-4H3,(H,27,30)(H,28,29);5-10,20H,11H2,1-4H3,(H,27,29)(H,28,30). The Morgan fingerprint density at radius 3 is 1.30 bits per heavy atom. The van der Waals surface area contributed by atoms with E-state index in [4.69, 9.17) is 23.2 Å². The van der Waals surface area contributed by atoms with Gasteiger partial charge >= 0.3 is 25.1 Å². The average molecular weight is 982 g/mol. The Labute approximate surface area is 376 Å². The first-order chi connectivity index (χ1) is 29.4. The fraction of sp³-hybridized carbons (Fsp3) is 0.333. The molecular formula is C42H46Cl2F8N4O6Si2. The molecule has 10 nitrogen and oxygen atoms in total. The highest BCUT2D eigenvalue weighted by Gasteiger charge is 2.45. The molecule has 0 saturated heterocycles. The summed E-state index contributed by atoms with van der Waals surface area (Å²) in [5.74, 6) is -3.26. The molecule has 4 aromatic carbocycles. The van der Waals surface area contributed by atoms with Crippen LogP contribution in [0.4, 0.5) is 46.5 Å². The Hall–Kier alpha value is -5.19. The zero-order valence-corrected chi connectivity index (χ0v) is 39.2. The van der Waals surface area contributed by atoms with Crippen LogP contribution < -0.4 is 30.7 Å². The van der Waals surface area contributed by atoms with Gasteiger partial charge in [0.2, 0.25) is 0 Å². The van der Waals surface area contributed by atoms with Crippen molar-refractivity contribution in [2.45, 2.75) is 78.2 Å². The van der Waals surface area contributed by atoms with Gasteiger partial charge in [-0.1, -0.05) is 74.6 Å². The predicted octanol–water partition coefficient (Wildman–Crippen LogP) is 11.5. The van der Waals surface area contributed by atoms with E-state index in [2.05, 4.69) is 70.0 Å². The lowest BCUT2D eigenvalue weighted by Crippen LogP contribution is -2.40. The number of carbonyl (C=O) groups excluding carboxylic acids is 4. The topological polar surface area (TPSA) is 135 Å². The Balaban J connectivity index is 0.000000340. The number of ether oxygens (including phenoxy) is 2. The van der Waals surface area contributed by atoms with E-state index in [1.54, 1.807) is 6.07 Å². The number of anilines is 2. The van der Waals surface area contributed by atoms with Crippen LogP contribution in [0.25, 0.3) is 0 Å². The van der Waals surface area contributed by atoms with Gasteiger partial charge in [0.05, 0.1) is 48.4 Å². The smallest absolute Gasteiger partial charge is 0.428 e. The van der Waals surface area contributed by atoms with E-state index in [1.165, 1.54) is 56.3 Å². The number of benzene rings is 4. The van der Waals surface area contributed by atoms with Crippen LogP contribution in [0.2, 0.25) is 49.3 Å². The summed E-state index contributed by atoms with van der Waals surface area (Å²) in [7, 11) is -3.19. The summed E-state index contributed by atoms with van der Waals surface area (Å²) in [5.41, 5.74) is 1.06. The number of amides is 4. The van der Waals surface area contributed by atoms with Crippen LogP contribution in [0.5, 0.6) is 11.5 Å². The molecule has 22 heteroatoms. The second kappa shape index (κ2) is 21.7. The maximum atomic E-state index is 13.1. The second-order valence-electron chi connectivity index (χ2n) is 16.6. The third-order valence-electron chi connectivity index (χ3n) is 8.44. The predicted molar refractivity (Wildman–Crippen MR) is 236 cm³/mol. The molecule has 0 bridgehead atoms. The summed E-state index contributed by atoms with van der Waals surface area (Å²) in [6, 6.07) is 15.6. The lowest BCUT2D eigenvalue weighted by atomic mass is 10.1. The van der Waals surface area contributed by atoms with Gasteiger partial charge in [0.1, 0.15) is 11.5 Å². The highest BCUT2D eigenvalue weighted by molar-refractivity contribution is 6.76. The monoisotopic (exact) mass is 980 g/mol. The molecule has 0 aliphatic heterocycles. The fourth-order valence-corrected chi connectivity index (χ4v) is 7.12. The van der Waals surface area contributed by atoms with Crippen molar-refractivity contribution >= 4 is 74.4 Å². The molecule has 0 radical (unpaired) electrons. The molecule has 0 heterocycles. The van der Waals surface area contributed by atoms with Gasteiger partial charge < -0.3 is 30.7 Å². The normalized spacial score (nSPS) is 11.9. The Bertz CT molecular complexity index is 2350. The van der Waals surface area contributed by atoms with Crippen LogP contribution in [0.3, 0.4) is 0 Å². The van der Waals surface area contributed by atoms with Crippen molar-refractivity contribution < 1.29 is 63.8 Å². The van der Waals surface area contributed by atoms with E-state index in [0.29, 0.717) is 12.3 Å². The first kappa shape index (κ1) is 53.2. The zero-order valence-electron chi connectivity index (χ0n) is 35.7. The van der Waals surface area contributed by atoms with Crippen LogP contribution in [-0.2, 0) is 0 Å². The molecule has 4 aromatic rings. The summed E-state index contributed by atoms with van der Waals surface area (Å²) in [6.45, 7) is 15.4. The minimum Gasteiger partial charge on any atom is -0.428 e. The summed E-state index contributed by atoms with van der Waals surface area (Å²) >= 11 is 12.4. The number of halogens is 10. The highest BCUT2D eigenvalue weighted by atomic mass is 35.5. The Morgan fingerprint density at radius 2 is 0.922 bits per heavy atom. The summed E-state index contributed by atoms with van der Waals surface area (Å²) < 4.78 is 110. The molecule has 0 spiro atoms. The third-order valence-corrected chi connectivity index (χ3v) is 11.5. The van der Waals surface area contributed by atoms with E-state index in [0.717, 1.165) is 24.3 Å². The summed E-state index contributed by atoms with van der Waals surface area (Å²) in [4.78, 5) is 51.1. The highest BCUT2D eigenvalue weighted by Crippen LogP contribution is 2.32. The maximum absolute atomic E-state index is 13.1. The quantitative estimate of drug-likeness (QED) is 0.0652. The second-order valence-corrected chi connectivity index (χ2v) is 28.4. The van der Waals surface area contributed by atoms with Crippen molar-refractivity contribution in [1.29, 1.82) is 0 Å². The molecule has 0 aliphatic rings. The van der Waals surface area contributed by atoms with Crippen LogP contribution in [0.15, 0.2) is 72.8 Å². The van der Waals surface area contributed by atoms with Gasteiger partial charge in [0.25, 0.3) is 23.6 Å². The molecular weight excluding hydrogens is 936 g/mol. The van der Waals surface area contributed by atoms with Crippen molar-refractivity contribution in [3.8, 4) is 11.5 Å². The van der Waals surface area contributed by atoms with Gasteiger partial charge in [0, 0.05) is 23.7 Å². The number of carbonyl (C=O) groups is 4. The number of alkyl halides is 8. The number of rotatable bonds is 16. The zero-order chi connectivity index (χ0) is 48.5. The molecule has 64 heavy (non-hydrogen) atoms. The molecule has 0 unspecified atom stereocenters. The van der Waals surface area contributed by atoms with Crippen LogP contribution in [0, 0.1) is 13.8 Å². The lowest BCUT2D eigenvalue weighted by molar-refractivity contribution is -0.253. The number of hydrogen-bond acceptors (Lipinski definition) is 6. The third kappa shape index (κ3) is 15.5. The van der Waals surface area contributed by atoms with Gasteiger partial charge in [-0.2, -0.15) is 35.1 Å². The summed E-state index contributed by atoms with van der Waals surface area (Å²) in [5, 5.41) is 10.9. The number of nitrogens with one attached hydrogen (secondary N) is 4. The van der Waals surface area contributed by atoms with Crippen molar-refractivity contribution in [1.82, 2.24) is 10.6 Å². The first-order valence-corrected chi connectivity index (χ1v) is 27.3. The minimum atomic E-state index is -4.65. The number of hydrogen-bond donors (Lipinski definition) is 4. The van der Waals surface area contributed by atoms with Gasteiger partial charge in [-0.3, -0.25) is 19.2 Å². The SMILES string of the molecule is Cc1cc(OC(F)(F)C(F)F)ccc1NC(=O)c1c(Cl)cccc1C(=O)NC[Si](C)(C)C.Cc1cc(OC(F)(F)C(F)F)ccc1NC(=O)c1cccc(Cl)c1C(=O)NC[Si](C)(C)C. The van der Waals surface area contributed by atoms with Gasteiger partial charge in [-0.25, -0.2) is 0 Å². The van der Waals surface area contributed by atoms with Crippen LogP contribution in [-0.4, -0.2) is 77.2 Å².